The number of nitrogens with zero attached hydrogens (tertiary/aromatic N) is 1. The van der Waals surface area contributed by atoms with E-state index in [1.807, 2.05) is 49.5 Å². The molecule has 4 aromatic rings. The van der Waals surface area contributed by atoms with Gasteiger partial charge in [0.25, 0.3) is 0 Å². The molecule has 0 aliphatic heterocycles. The molecular formula is C24H21NO3S. The predicted octanol–water partition coefficient (Wildman–Crippen LogP) is 5.87. The first-order valence-corrected chi connectivity index (χ1v) is 10.3. The van der Waals surface area contributed by atoms with E-state index in [1.54, 1.807) is 11.3 Å². The molecule has 0 bridgehead atoms. The van der Waals surface area contributed by atoms with Crippen LogP contribution in [-0.2, 0) is 17.8 Å². The van der Waals surface area contributed by atoms with Gasteiger partial charge in [-0.1, -0.05) is 30.3 Å². The molecule has 0 aliphatic carbocycles. The number of benzene rings is 2. The van der Waals surface area contributed by atoms with E-state index in [0.29, 0.717) is 13.0 Å². The summed E-state index contributed by atoms with van der Waals surface area (Å²) in [6.45, 7) is 2.50. The van der Waals surface area contributed by atoms with Gasteiger partial charge in [0.1, 0.15) is 12.4 Å². The van der Waals surface area contributed by atoms with Crippen molar-refractivity contribution in [1.29, 1.82) is 0 Å². The molecule has 2 heterocycles. The predicted molar refractivity (Wildman–Crippen MR) is 117 cm³/mol. The van der Waals surface area contributed by atoms with E-state index in [2.05, 4.69) is 28.6 Å². The van der Waals surface area contributed by atoms with Gasteiger partial charge in [0, 0.05) is 39.5 Å². The molecule has 0 saturated carbocycles. The maximum Gasteiger partial charge on any atom is 0.303 e. The summed E-state index contributed by atoms with van der Waals surface area (Å²) in [5, 5.41) is 12.1. The number of pyridine rings is 1. The van der Waals surface area contributed by atoms with Gasteiger partial charge in [-0.3, -0.25) is 9.78 Å². The van der Waals surface area contributed by atoms with Gasteiger partial charge in [-0.15, -0.1) is 11.3 Å². The molecule has 1 N–H and O–H groups in total. The third-order valence-electron chi connectivity index (χ3n) is 4.90. The summed E-state index contributed by atoms with van der Waals surface area (Å²) < 4.78 is 7.24. The van der Waals surface area contributed by atoms with Crippen molar-refractivity contribution >= 4 is 27.4 Å². The molecule has 0 unspecified atom stereocenters. The molecule has 0 fully saturated rings. The van der Waals surface area contributed by atoms with E-state index in [0.717, 1.165) is 28.1 Å². The van der Waals surface area contributed by atoms with E-state index in [4.69, 9.17) is 9.84 Å². The first-order chi connectivity index (χ1) is 14.1. The van der Waals surface area contributed by atoms with Crippen LogP contribution in [0.1, 0.15) is 23.2 Å². The Kier molecular flexibility index (Phi) is 5.58. The lowest BCUT2D eigenvalue weighted by Crippen LogP contribution is -1.98. The fraction of sp³-hybridized carbons (Fsp3) is 0.167. The summed E-state index contributed by atoms with van der Waals surface area (Å²) in [5.74, 6) is 0.0516. The maximum atomic E-state index is 10.7. The fourth-order valence-corrected chi connectivity index (χ4v) is 4.24. The highest BCUT2D eigenvalue weighted by Gasteiger charge is 2.10. The number of carboxylic acid groups (broad SMARTS) is 1. The number of fused-ring (bicyclic) bond motifs is 1. The molecule has 0 amide bonds. The molecule has 5 heteroatoms. The van der Waals surface area contributed by atoms with Gasteiger partial charge >= 0.3 is 5.97 Å². The molecule has 0 atom stereocenters. The number of aliphatic carboxylic acids is 1. The molecule has 0 radical (unpaired) electrons. The Labute approximate surface area is 173 Å². The van der Waals surface area contributed by atoms with Gasteiger partial charge < -0.3 is 9.84 Å². The first kappa shape index (κ1) is 19.2. The van der Waals surface area contributed by atoms with E-state index in [1.165, 1.54) is 15.6 Å². The summed E-state index contributed by atoms with van der Waals surface area (Å²) in [6, 6.07) is 18.2. The minimum absolute atomic E-state index is 0.148. The Morgan fingerprint density at radius 3 is 2.62 bits per heavy atom. The standard InChI is InChI=1S/C24H21NO3S/c1-16-20(3-2-12-25-16)22-15-29-23-10-9-19(13-21(22)23)28-14-18-6-4-17(5-7-18)8-11-24(26)27/h2-7,9-10,12-13,15H,8,11,14H2,1H3,(H,26,27). The van der Waals surface area contributed by atoms with Crippen LogP contribution in [-0.4, -0.2) is 16.1 Å². The van der Waals surface area contributed by atoms with Crippen LogP contribution in [0.4, 0.5) is 0 Å². The third-order valence-corrected chi connectivity index (χ3v) is 5.86. The van der Waals surface area contributed by atoms with Crippen molar-refractivity contribution in [2.24, 2.45) is 0 Å². The second kappa shape index (κ2) is 8.45. The van der Waals surface area contributed by atoms with Gasteiger partial charge in [-0.2, -0.15) is 0 Å². The smallest absolute Gasteiger partial charge is 0.303 e. The average molecular weight is 404 g/mol. The van der Waals surface area contributed by atoms with Crippen molar-refractivity contribution in [3.8, 4) is 16.9 Å². The average Bonchev–Trinajstić information content (AvgIpc) is 3.15. The van der Waals surface area contributed by atoms with Crippen molar-refractivity contribution in [3.63, 3.8) is 0 Å². The zero-order chi connectivity index (χ0) is 20.2. The molecular weight excluding hydrogens is 382 g/mol. The lowest BCUT2D eigenvalue weighted by molar-refractivity contribution is -0.136. The zero-order valence-corrected chi connectivity index (χ0v) is 16.9. The second-order valence-electron chi connectivity index (χ2n) is 6.94. The molecule has 0 saturated heterocycles. The van der Waals surface area contributed by atoms with Crippen molar-refractivity contribution < 1.29 is 14.6 Å². The maximum absolute atomic E-state index is 10.7. The minimum Gasteiger partial charge on any atom is -0.489 e. The highest BCUT2D eigenvalue weighted by Crippen LogP contribution is 2.37. The first-order valence-electron chi connectivity index (χ1n) is 9.46. The number of ether oxygens (including phenoxy) is 1. The number of thiophene rings is 1. The zero-order valence-electron chi connectivity index (χ0n) is 16.1. The van der Waals surface area contributed by atoms with Crippen molar-refractivity contribution in [2.45, 2.75) is 26.4 Å². The van der Waals surface area contributed by atoms with Crippen molar-refractivity contribution in [2.75, 3.05) is 0 Å². The molecule has 2 aromatic carbocycles. The normalized spacial score (nSPS) is 10.9. The number of hydrogen-bond donors (Lipinski definition) is 1. The van der Waals surface area contributed by atoms with Crippen LogP contribution in [0.2, 0.25) is 0 Å². The second-order valence-corrected chi connectivity index (χ2v) is 7.85. The quantitative estimate of drug-likeness (QED) is 0.419. The van der Waals surface area contributed by atoms with Crippen LogP contribution < -0.4 is 4.74 Å². The molecule has 146 valence electrons. The van der Waals surface area contributed by atoms with E-state index in [9.17, 15) is 4.79 Å². The summed E-state index contributed by atoms with van der Waals surface area (Å²) >= 11 is 1.72. The Bertz CT molecular complexity index is 1150. The summed E-state index contributed by atoms with van der Waals surface area (Å²) in [5.41, 5.74) is 5.42. The largest absolute Gasteiger partial charge is 0.489 e. The number of carbonyl (C=O) groups is 1. The van der Waals surface area contributed by atoms with E-state index >= 15 is 0 Å². The van der Waals surface area contributed by atoms with Gasteiger partial charge in [-0.25, -0.2) is 0 Å². The highest BCUT2D eigenvalue weighted by molar-refractivity contribution is 7.17. The number of carboxylic acids is 1. The van der Waals surface area contributed by atoms with E-state index in [-0.39, 0.29) is 6.42 Å². The van der Waals surface area contributed by atoms with Gasteiger partial charge in [0.05, 0.1) is 0 Å². The monoisotopic (exact) mass is 403 g/mol. The number of hydrogen-bond acceptors (Lipinski definition) is 4. The van der Waals surface area contributed by atoms with Crippen LogP contribution in [0.3, 0.4) is 0 Å². The topological polar surface area (TPSA) is 59.4 Å². The van der Waals surface area contributed by atoms with Crippen molar-refractivity contribution in [3.05, 3.63) is 83.0 Å². The Morgan fingerprint density at radius 2 is 1.86 bits per heavy atom. The molecule has 0 aliphatic rings. The molecule has 0 spiro atoms. The molecule has 29 heavy (non-hydrogen) atoms. The van der Waals surface area contributed by atoms with Crippen LogP contribution in [0.25, 0.3) is 21.2 Å². The van der Waals surface area contributed by atoms with Crippen LogP contribution in [0.5, 0.6) is 5.75 Å². The lowest BCUT2D eigenvalue weighted by atomic mass is 10.0. The van der Waals surface area contributed by atoms with Crippen LogP contribution >= 0.6 is 11.3 Å². The van der Waals surface area contributed by atoms with Crippen molar-refractivity contribution in [1.82, 2.24) is 4.98 Å². The molecule has 4 nitrogen and oxygen atoms in total. The number of rotatable bonds is 7. The van der Waals surface area contributed by atoms with Crippen LogP contribution in [0.15, 0.2) is 66.2 Å². The lowest BCUT2D eigenvalue weighted by Gasteiger charge is -2.09. The summed E-state index contributed by atoms with van der Waals surface area (Å²) in [4.78, 5) is 15.1. The summed E-state index contributed by atoms with van der Waals surface area (Å²) in [6.07, 6.45) is 2.51. The number of aryl methyl sites for hydroxylation is 2. The third kappa shape index (κ3) is 4.46. The molecule has 4 rings (SSSR count). The fourth-order valence-electron chi connectivity index (χ4n) is 3.30. The van der Waals surface area contributed by atoms with E-state index < -0.39 is 5.97 Å². The van der Waals surface area contributed by atoms with Gasteiger partial charge in [0.15, 0.2) is 0 Å². The molecule has 2 aromatic heterocycles. The summed E-state index contributed by atoms with van der Waals surface area (Å²) in [7, 11) is 0. The van der Waals surface area contributed by atoms with Gasteiger partial charge in [-0.05, 0) is 54.1 Å². The minimum atomic E-state index is -0.776. The van der Waals surface area contributed by atoms with Gasteiger partial charge in [0.2, 0.25) is 0 Å². The number of aromatic nitrogens is 1. The Hall–Kier alpha value is -3.18. The Balaban J connectivity index is 1.49. The van der Waals surface area contributed by atoms with Crippen LogP contribution in [0, 0.1) is 6.92 Å². The SMILES string of the molecule is Cc1ncccc1-c1csc2ccc(OCc3ccc(CCC(=O)O)cc3)cc12. The Morgan fingerprint density at radius 1 is 1.07 bits per heavy atom. The highest BCUT2D eigenvalue weighted by atomic mass is 32.1.